The molecule has 1 aromatic heterocycles. The van der Waals surface area contributed by atoms with Crippen molar-refractivity contribution in [3.63, 3.8) is 0 Å². The average Bonchev–Trinajstić information content (AvgIpc) is 3.10. The fourth-order valence-corrected chi connectivity index (χ4v) is 4.87. The van der Waals surface area contributed by atoms with Gasteiger partial charge in [-0.05, 0) is 50.4 Å². The number of rotatable bonds is 3. The third kappa shape index (κ3) is 3.65. The molecule has 35 heavy (non-hydrogen) atoms. The maximum absolute atomic E-state index is 6.38. The van der Waals surface area contributed by atoms with E-state index in [0.29, 0.717) is 0 Å². The van der Waals surface area contributed by atoms with Crippen molar-refractivity contribution in [1.82, 2.24) is 4.98 Å². The van der Waals surface area contributed by atoms with E-state index in [1.165, 1.54) is 16.5 Å². The highest BCUT2D eigenvalue weighted by atomic mass is 16.7. The molecule has 0 aliphatic carbocycles. The highest BCUT2D eigenvalue weighted by Crippen LogP contribution is 2.39. The lowest BCUT2D eigenvalue weighted by Gasteiger charge is -2.32. The van der Waals surface area contributed by atoms with Crippen molar-refractivity contribution in [3.8, 4) is 22.4 Å². The van der Waals surface area contributed by atoms with Gasteiger partial charge in [0.1, 0.15) is 0 Å². The summed E-state index contributed by atoms with van der Waals surface area (Å²) >= 11 is 0. The minimum atomic E-state index is -0.419. The minimum absolute atomic E-state index is 0.390. The molecule has 0 radical (unpaired) electrons. The van der Waals surface area contributed by atoms with Gasteiger partial charge in [0.2, 0.25) is 0 Å². The summed E-state index contributed by atoms with van der Waals surface area (Å²) in [5.74, 6) is 0. The van der Waals surface area contributed by atoms with Crippen LogP contribution < -0.4 is 5.46 Å². The van der Waals surface area contributed by atoms with Gasteiger partial charge in [-0.1, -0.05) is 91.0 Å². The van der Waals surface area contributed by atoms with E-state index in [0.717, 1.165) is 33.0 Å². The number of benzene rings is 4. The Balaban J connectivity index is 1.64. The summed E-state index contributed by atoms with van der Waals surface area (Å²) in [7, 11) is -0.419. The van der Waals surface area contributed by atoms with Crippen LogP contribution in [0, 0.1) is 0 Å². The predicted octanol–water partition coefficient (Wildman–Crippen LogP) is 7.02. The van der Waals surface area contributed by atoms with E-state index in [2.05, 4.69) is 119 Å². The van der Waals surface area contributed by atoms with E-state index in [4.69, 9.17) is 14.3 Å². The third-order valence-electron chi connectivity index (χ3n) is 7.50. The molecule has 4 heteroatoms. The molecule has 0 saturated carbocycles. The van der Waals surface area contributed by atoms with Crippen molar-refractivity contribution in [3.05, 3.63) is 97.1 Å². The van der Waals surface area contributed by atoms with E-state index in [-0.39, 0.29) is 11.2 Å². The van der Waals surface area contributed by atoms with Gasteiger partial charge in [-0.25, -0.2) is 4.98 Å². The Morgan fingerprint density at radius 1 is 0.629 bits per heavy atom. The zero-order chi connectivity index (χ0) is 24.2. The monoisotopic (exact) mass is 457 g/mol. The molecule has 0 amide bonds. The van der Waals surface area contributed by atoms with Crippen LogP contribution in [0.15, 0.2) is 97.1 Å². The maximum atomic E-state index is 6.38. The molecule has 1 aliphatic heterocycles. The van der Waals surface area contributed by atoms with Crippen LogP contribution in [0.5, 0.6) is 0 Å². The lowest BCUT2D eigenvalue weighted by Crippen LogP contribution is -2.41. The summed E-state index contributed by atoms with van der Waals surface area (Å²) in [6, 6.07) is 33.9. The van der Waals surface area contributed by atoms with Crippen molar-refractivity contribution in [2.45, 2.75) is 38.9 Å². The summed E-state index contributed by atoms with van der Waals surface area (Å²) in [4.78, 5) is 5.15. The van der Waals surface area contributed by atoms with Gasteiger partial charge in [-0.15, -0.1) is 0 Å². The molecule has 1 saturated heterocycles. The fraction of sp³-hybridized carbons (Fsp3) is 0.194. The van der Waals surface area contributed by atoms with Crippen LogP contribution >= 0.6 is 0 Å². The van der Waals surface area contributed by atoms with Crippen LogP contribution in [0.25, 0.3) is 44.1 Å². The first-order valence-corrected chi connectivity index (χ1v) is 12.2. The zero-order valence-corrected chi connectivity index (χ0v) is 20.6. The van der Waals surface area contributed by atoms with Gasteiger partial charge in [0.05, 0.1) is 22.4 Å². The second-order valence-corrected chi connectivity index (χ2v) is 10.3. The standard InChI is InChI=1S/C31H28BNO2/c1-30(2)31(3,4)35-32(34-30)23-18-19-27-26(20-23)28-24(21-12-7-5-8-13-21)16-11-17-25(28)29(33-27)22-14-9-6-10-15-22/h5-20H,1-4H3. The molecule has 0 bridgehead atoms. The van der Waals surface area contributed by atoms with E-state index in [1.54, 1.807) is 0 Å². The molecule has 2 heterocycles. The molecule has 3 nitrogen and oxygen atoms in total. The molecule has 4 aromatic carbocycles. The van der Waals surface area contributed by atoms with Crippen LogP contribution in [0.3, 0.4) is 0 Å². The molecular formula is C31H28BNO2. The SMILES string of the molecule is CC1(C)OB(c2ccc3nc(-c4ccccc4)c4cccc(-c5ccccc5)c4c3c2)OC1(C)C. The molecule has 5 aromatic rings. The van der Waals surface area contributed by atoms with Crippen LogP contribution in [-0.2, 0) is 9.31 Å². The summed E-state index contributed by atoms with van der Waals surface area (Å²) in [5.41, 5.74) is 5.67. The van der Waals surface area contributed by atoms with E-state index in [1.807, 2.05) is 6.07 Å². The Morgan fingerprint density at radius 3 is 1.91 bits per heavy atom. The van der Waals surface area contributed by atoms with Crippen LogP contribution in [0.1, 0.15) is 27.7 Å². The molecule has 1 fully saturated rings. The normalized spacial score (nSPS) is 16.7. The Labute approximate surface area is 206 Å². The smallest absolute Gasteiger partial charge is 0.399 e. The van der Waals surface area contributed by atoms with Gasteiger partial charge in [-0.2, -0.15) is 0 Å². The lowest BCUT2D eigenvalue weighted by molar-refractivity contribution is 0.00578. The molecule has 0 N–H and O–H groups in total. The summed E-state index contributed by atoms with van der Waals surface area (Å²) in [6.45, 7) is 8.35. The minimum Gasteiger partial charge on any atom is -0.399 e. The number of fused-ring (bicyclic) bond motifs is 3. The maximum Gasteiger partial charge on any atom is 0.494 e. The van der Waals surface area contributed by atoms with E-state index >= 15 is 0 Å². The zero-order valence-electron chi connectivity index (χ0n) is 20.6. The quantitative estimate of drug-likeness (QED) is 0.216. The molecule has 0 atom stereocenters. The Kier molecular flexibility index (Phi) is 5.06. The summed E-state index contributed by atoms with van der Waals surface area (Å²) in [6.07, 6.45) is 0. The van der Waals surface area contributed by atoms with Crippen molar-refractivity contribution >= 4 is 34.3 Å². The second kappa shape index (κ2) is 8.05. The number of nitrogens with zero attached hydrogens (tertiary/aromatic N) is 1. The van der Waals surface area contributed by atoms with Gasteiger partial charge < -0.3 is 9.31 Å². The van der Waals surface area contributed by atoms with Gasteiger partial charge in [0.15, 0.2) is 0 Å². The predicted molar refractivity (Wildman–Crippen MR) is 146 cm³/mol. The van der Waals surface area contributed by atoms with Crippen molar-refractivity contribution < 1.29 is 9.31 Å². The van der Waals surface area contributed by atoms with E-state index in [9.17, 15) is 0 Å². The number of aromatic nitrogens is 1. The fourth-order valence-electron chi connectivity index (χ4n) is 4.87. The largest absolute Gasteiger partial charge is 0.494 e. The van der Waals surface area contributed by atoms with Gasteiger partial charge in [0, 0.05) is 21.7 Å². The van der Waals surface area contributed by atoms with Crippen LogP contribution in [0.2, 0.25) is 0 Å². The Morgan fingerprint density at radius 2 is 1.26 bits per heavy atom. The number of hydrogen-bond donors (Lipinski definition) is 0. The van der Waals surface area contributed by atoms with Gasteiger partial charge in [0.25, 0.3) is 0 Å². The number of hydrogen-bond acceptors (Lipinski definition) is 3. The Hall–Kier alpha value is -3.47. The number of pyridine rings is 1. The topological polar surface area (TPSA) is 31.4 Å². The van der Waals surface area contributed by atoms with E-state index < -0.39 is 7.12 Å². The third-order valence-corrected chi connectivity index (χ3v) is 7.50. The highest BCUT2D eigenvalue weighted by molar-refractivity contribution is 6.62. The molecule has 1 aliphatic rings. The summed E-state index contributed by atoms with van der Waals surface area (Å²) in [5, 5.41) is 3.43. The first kappa shape index (κ1) is 22.0. The first-order chi connectivity index (χ1) is 16.8. The molecule has 172 valence electrons. The second-order valence-electron chi connectivity index (χ2n) is 10.3. The van der Waals surface area contributed by atoms with Crippen LogP contribution in [-0.4, -0.2) is 23.3 Å². The molecule has 6 rings (SSSR count). The van der Waals surface area contributed by atoms with Crippen molar-refractivity contribution in [2.75, 3.05) is 0 Å². The average molecular weight is 457 g/mol. The van der Waals surface area contributed by atoms with Crippen LogP contribution in [0.4, 0.5) is 0 Å². The highest BCUT2D eigenvalue weighted by Gasteiger charge is 2.51. The van der Waals surface area contributed by atoms with Crippen molar-refractivity contribution in [2.24, 2.45) is 0 Å². The van der Waals surface area contributed by atoms with Crippen molar-refractivity contribution in [1.29, 1.82) is 0 Å². The lowest BCUT2D eigenvalue weighted by atomic mass is 9.78. The van der Waals surface area contributed by atoms with Gasteiger partial charge in [-0.3, -0.25) is 0 Å². The molecular weight excluding hydrogens is 429 g/mol. The summed E-state index contributed by atoms with van der Waals surface area (Å²) < 4.78 is 12.8. The first-order valence-electron chi connectivity index (χ1n) is 12.2. The molecule has 0 spiro atoms. The van der Waals surface area contributed by atoms with Gasteiger partial charge >= 0.3 is 7.12 Å². The Bertz CT molecular complexity index is 1530. The molecule has 0 unspecified atom stereocenters.